The molecule has 1 amide bonds. The maximum atomic E-state index is 12.4. The summed E-state index contributed by atoms with van der Waals surface area (Å²) in [7, 11) is 0. The van der Waals surface area contributed by atoms with Gasteiger partial charge in [-0.05, 0) is 50.2 Å². The molecule has 0 saturated heterocycles. The summed E-state index contributed by atoms with van der Waals surface area (Å²) in [6, 6.07) is 11.3. The Hall–Kier alpha value is -3.15. The number of hydrogen-bond acceptors (Lipinski definition) is 4. The minimum Gasteiger partial charge on any atom is -0.372 e. The maximum absolute atomic E-state index is 12.4. The molecule has 1 aromatic carbocycles. The lowest BCUT2D eigenvalue weighted by Gasteiger charge is -2.21. The van der Waals surface area contributed by atoms with E-state index in [9.17, 15) is 4.79 Å². The van der Waals surface area contributed by atoms with Gasteiger partial charge in [0, 0.05) is 36.7 Å². The molecule has 0 aliphatic heterocycles. The largest absolute Gasteiger partial charge is 0.372 e. The second-order valence-corrected chi connectivity index (χ2v) is 5.55. The van der Waals surface area contributed by atoms with E-state index in [1.165, 1.54) is 0 Å². The SMILES string of the molecule is CCN(CC)c1ccc(C(=O)Nc2ccc(-n3ccnc3)nc2)cc1. The van der Waals surface area contributed by atoms with E-state index < -0.39 is 0 Å². The van der Waals surface area contributed by atoms with Crippen LogP contribution in [0.15, 0.2) is 61.3 Å². The highest BCUT2D eigenvalue weighted by Crippen LogP contribution is 2.16. The third-order valence-corrected chi connectivity index (χ3v) is 4.03. The van der Waals surface area contributed by atoms with E-state index in [-0.39, 0.29) is 5.91 Å². The van der Waals surface area contributed by atoms with Gasteiger partial charge >= 0.3 is 0 Å². The van der Waals surface area contributed by atoms with Crippen LogP contribution in [0.1, 0.15) is 24.2 Å². The molecule has 6 nitrogen and oxygen atoms in total. The van der Waals surface area contributed by atoms with Crippen molar-refractivity contribution in [1.29, 1.82) is 0 Å². The molecular weight excluding hydrogens is 314 g/mol. The number of rotatable bonds is 6. The maximum Gasteiger partial charge on any atom is 0.255 e. The molecule has 0 atom stereocenters. The summed E-state index contributed by atoms with van der Waals surface area (Å²) in [4.78, 5) is 22.9. The van der Waals surface area contributed by atoms with E-state index >= 15 is 0 Å². The Morgan fingerprint density at radius 3 is 2.44 bits per heavy atom. The van der Waals surface area contributed by atoms with Crippen molar-refractivity contribution in [2.45, 2.75) is 13.8 Å². The van der Waals surface area contributed by atoms with Crippen molar-refractivity contribution in [2.24, 2.45) is 0 Å². The fourth-order valence-corrected chi connectivity index (χ4v) is 2.62. The zero-order valence-corrected chi connectivity index (χ0v) is 14.4. The molecule has 3 rings (SSSR count). The topological polar surface area (TPSA) is 63.1 Å². The van der Waals surface area contributed by atoms with Crippen molar-refractivity contribution in [3.63, 3.8) is 0 Å². The number of anilines is 2. The lowest BCUT2D eigenvalue weighted by molar-refractivity contribution is 0.102. The number of hydrogen-bond donors (Lipinski definition) is 1. The van der Waals surface area contributed by atoms with Gasteiger partial charge in [-0.2, -0.15) is 0 Å². The van der Waals surface area contributed by atoms with Crippen LogP contribution in [0.4, 0.5) is 11.4 Å². The Morgan fingerprint density at radius 2 is 1.88 bits per heavy atom. The van der Waals surface area contributed by atoms with Crippen LogP contribution >= 0.6 is 0 Å². The highest BCUT2D eigenvalue weighted by Gasteiger charge is 2.08. The number of amides is 1. The summed E-state index contributed by atoms with van der Waals surface area (Å²) in [5, 5.41) is 2.87. The van der Waals surface area contributed by atoms with Gasteiger partial charge < -0.3 is 10.2 Å². The molecule has 128 valence electrons. The van der Waals surface area contributed by atoms with E-state index in [0.29, 0.717) is 11.3 Å². The van der Waals surface area contributed by atoms with Crippen molar-refractivity contribution in [3.05, 3.63) is 66.9 Å². The molecule has 2 heterocycles. The predicted molar refractivity (Wildman–Crippen MR) is 99.3 cm³/mol. The Balaban J connectivity index is 1.67. The molecule has 0 radical (unpaired) electrons. The quantitative estimate of drug-likeness (QED) is 0.750. The zero-order chi connectivity index (χ0) is 17.6. The van der Waals surface area contributed by atoms with E-state index in [1.54, 1.807) is 23.3 Å². The van der Waals surface area contributed by atoms with E-state index in [2.05, 4.69) is 34.0 Å². The van der Waals surface area contributed by atoms with Crippen LogP contribution in [-0.2, 0) is 0 Å². The number of carbonyl (C=O) groups excluding carboxylic acids is 1. The number of pyridine rings is 1. The average molecular weight is 335 g/mol. The van der Waals surface area contributed by atoms with E-state index in [4.69, 9.17) is 0 Å². The summed E-state index contributed by atoms with van der Waals surface area (Å²) in [6.07, 6.45) is 6.83. The Bertz CT molecular complexity index is 806. The van der Waals surface area contributed by atoms with Crippen molar-refractivity contribution in [3.8, 4) is 5.82 Å². The van der Waals surface area contributed by atoms with Crippen LogP contribution in [0.5, 0.6) is 0 Å². The van der Waals surface area contributed by atoms with Crippen molar-refractivity contribution >= 4 is 17.3 Å². The molecule has 0 aliphatic carbocycles. The lowest BCUT2D eigenvalue weighted by Crippen LogP contribution is -2.21. The van der Waals surface area contributed by atoms with E-state index in [0.717, 1.165) is 24.6 Å². The average Bonchev–Trinajstić information content (AvgIpc) is 3.18. The van der Waals surface area contributed by atoms with Gasteiger partial charge in [-0.25, -0.2) is 9.97 Å². The molecule has 0 bridgehead atoms. The second-order valence-electron chi connectivity index (χ2n) is 5.55. The van der Waals surface area contributed by atoms with Crippen molar-refractivity contribution in [1.82, 2.24) is 14.5 Å². The monoisotopic (exact) mass is 335 g/mol. The van der Waals surface area contributed by atoms with Gasteiger partial charge in [-0.3, -0.25) is 9.36 Å². The highest BCUT2D eigenvalue weighted by atomic mass is 16.1. The fraction of sp³-hybridized carbons (Fsp3) is 0.211. The molecule has 0 fully saturated rings. The Kier molecular flexibility index (Phi) is 5.09. The third-order valence-electron chi connectivity index (χ3n) is 4.03. The lowest BCUT2D eigenvalue weighted by atomic mass is 10.1. The summed E-state index contributed by atoms with van der Waals surface area (Å²) in [5.74, 6) is 0.599. The van der Waals surface area contributed by atoms with Crippen LogP contribution in [0.3, 0.4) is 0 Å². The van der Waals surface area contributed by atoms with Crippen LogP contribution in [0.25, 0.3) is 5.82 Å². The van der Waals surface area contributed by atoms with Gasteiger partial charge in [0.1, 0.15) is 12.1 Å². The van der Waals surface area contributed by atoms with Crippen LogP contribution in [-0.4, -0.2) is 33.5 Å². The number of benzene rings is 1. The summed E-state index contributed by atoms with van der Waals surface area (Å²) >= 11 is 0. The molecule has 0 aliphatic rings. The predicted octanol–water partition coefficient (Wildman–Crippen LogP) is 3.37. The Morgan fingerprint density at radius 1 is 1.12 bits per heavy atom. The first-order valence-electron chi connectivity index (χ1n) is 8.32. The standard InChI is InChI=1S/C19H21N5O/c1-3-23(4-2)17-8-5-15(6-9-17)19(25)22-16-7-10-18(21-13-16)24-12-11-20-14-24/h5-14H,3-4H2,1-2H3,(H,22,25). The summed E-state index contributed by atoms with van der Waals surface area (Å²) in [6.45, 7) is 6.11. The van der Waals surface area contributed by atoms with Crippen LogP contribution in [0.2, 0.25) is 0 Å². The first kappa shape index (κ1) is 16.7. The minimum atomic E-state index is -0.150. The van der Waals surface area contributed by atoms with Gasteiger partial charge in [0.15, 0.2) is 0 Å². The number of nitrogens with one attached hydrogen (secondary N) is 1. The molecule has 0 saturated carbocycles. The van der Waals surface area contributed by atoms with Crippen LogP contribution < -0.4 is 10.2 Å². The molecule has 1 N–H and O–H groups in total. The second kappa shape index (κ2) is 7.61. The number of aromatic nitrogens is 3. The third kappa shape index (κ3) is 3.85. The molecule has 0 unspecified atom stereocenters. The number of nitrogens with zero attached hydrogens (tertiary/aromatic N) is 4. The first-order chi connectivity index (χ1) is 12.2. The molecular formula is C19H21N5O. The highest BCUT2D eigenvalue weighted by molar-refractivity contribution is 6.04. The van der Waals surface area contributed by atoms with Crippen molar-refractivity contribution < 1.29 is 4.79 Å². The molecule has 2 aromatic heterocycles. The smallest absolute Gasteiger partial charge is 0.255 e. The molecule has 6 heteroatoms. The zero-order valence-electron chi connectivity index (χ0n) is 14.4. The van der Waals surface area contributed by atoms with Gasteiger partial charge in [-0.1, -0.05) is 0 Å². The van der Waals surface area contributed by atoms with E-state index in [1.807, 2.05) is 42.6 Å². The van der Waals surface area contributed by atoms with Crippen LogP contribution in [0, 0.1) is 0 Å². The first-order valence-corrected chi connectivity index (χ1v) is 8.32. The van der Waals surface area contributed by atoms with Gasteiger partial charge in [-0.15, -0.1) is 0 Å². The normalized spacial score (nSPS) is 10.5. The van der Waals surface area contributed by atoms with Gasteiger partial charge in [0.25, 0.3) is 5.91 Å². The number of imidazole rings is 1. The summed E-state index contributed by atoms with van der Waals surface area (Å²) in [5.41, 5.74) is 2.39. The minimum absolute atomic E-state index is 0.150. The molecule has 0 spiro atoms. The number of carbonyl (C=O) groups is 1. The molecule has 25 heavy (non-hydrogen) atoms. The van der Waals surface area contributed by atoms with Gasteiger partial charge in [0.05, 0.1) is 11.9 Å². The summed E-state index contributed by atoms with van der Waals surface area (Å²) < 4.78 is 1.80. The fourth-order valence-electron chi connectivity index (χ4n) is 2.62. The van der Waals surface area contributed by atoms with Crippen molar-refractivity contribution in [2.75, 3.05) is 23.3 Å². The Labute approximate surface area is 147 Å². The molecule has 3 aromatic rings. The van der Waals surface area contributed by atoms with Gasteiger partial charge in [0.2, 0.25) is 0 Å².